The standard InChI is InChI=1S/C11H15NOS/c12-11-4-2-1-3-9(11)5-6-14-10-7-13-8-10/h1-4,10H,5-8,12H2. The molecule has 0 spiro atoms. The Labute approximate surface area is 88.8 Å². The summed E-state index contributed by atoms with van der Waals surface area (Å²) in [6.07, 6.45) is 1.06. The molecule has 2 N–H and O–H groups in total. The van der Waals surface area contributed by atoms with Gasteiger partial charge in [-0.3, -0.25) is 0 Å². The molecule has 3 heteroatoms. The quantitative estimate of drug-likeness (QED) is 0.770. The Morgan fingerprint density at radius 3 is 2.79 bits per heavy atom. The first-order valence-corrected chi connectivity index (χ1v) is 5.94. The highest BCUT2D eigenvalue weighted by Gasteiger charge is 2.17. The Bertz CT molecular complexity index is 299. The van der Waals surface area contributed by atoms with Crippen LogP contribution in [0.3, 0.4) is 0 Å². The van der Waals surface area contributed by atoms with E-state index >= 15 is 0 Å². The summed E-state index contributed by atoms with van der Waals surface area (Å²) >= 11 is 1.99. The van der Waals surface area contributed by atoms with Gasteiger partial charge in [0.15, 0.2) is 0 Å². The number of rotatable bonds is 4. The Kier molecular flexibility index (Phi) is 3.32. The fraction of sp³-hybridized carbons (Fsp3) is 0.455. The predicted molar refractivity (Wildman–Crippen MR) is 61.6 cm³/mol. The topological polar surface area (TPSA) is 35.2 Å². The Morgan fingerprint density at radius 2 is 2.14 bits per heavy atom. The third kappa shape index (κ3) is 2.42. The van der Waals surface area contributed by atoms with E-state index in [9.17, 15) is 0 Å². The minimum atomic E-state index is 0.722. The normalized spacial score (nSPS) is 16.6. The molecular formula is C11H15NOS. The molecule has 0 aliphatic carbocycles. The van der Waals surface area contributed by atoms with Crippen molar-refractivity contribution >= 4 is 17.4 Å². The van der Waals surface area contributed by atoms with Crippen LogP contribution < -0.4 is 5.73 Å². The molecule has 14 heavy (non-hydrogen) atoms. The predicted octanol–water partition coefficient (Wildman–Crippen LogP) is 1.94. The lowest BCUT2D eigenvalue weighted by Crippen LogP contribution is -2.30. The average molecular weight is 209 g/mol. The van der Waals surface area contributed by atoms with Crippen molar-refractivity contribution in [1.29, 1.82) is 0 Å². The van der Waals surface area contributed by atoms with E-state index in [0.29, 0.717) is 0 Å². The molecule has 1 aliphatic rings. The van der Waals surface area contributed by atoms with E-state index < -0.39 is 0 Å². The zero-order valence-corrected chi connectivity index (χ0v) is 8.93. The van der Waals surface area contributed by atoms with Crippen LogP contribution in [-0.4, -0.2) is 24.2 Å². The number of hydrogen-bond acceptors (Lipinski definition) is 3. The molecule has 2 nitrogen and oxygen atoms in total. The molecule has 1 heterocycles. The molecule has 1 aromatic rings. The minimum Gasteiger partial charge on any atom is -0.399 e. The Hall–Kier alpha value is -0.670. The zero-order chi connectivity index (χ0) is 9.80. The maximum absolute atomic E-state index is 5.85. The molecular weight excluding hydrogens is 194 g/mol. The van der Waals surface area contributed by atoms with Gasteiger partial charge in [-0.25, -0.2) is 0 Å². The summed E-state index contributed by atoms with van der Waals surface area (Å²) in [7, 11) is 0. The third-order valence-electron chi connectivity index (χ3n) is 2.39. The molecule has 0 amide bonds. The molecule has 0 radical (unpaired) electrons. The molecule has 76 valence electrons. The average Bonchev–Trinajstić information content (AvgIpc) is 2.12. The van der Waals surface area contributed by atoms with Crippen LogP contribution in [0.4, 0.5) is 5.69 Å². The highest BCUT2D eigenvalue weighted by molar-refractivity contribution is 8.00. The van der Waals surface area contributed by atoms with Gasteiger partial charge in [0.05, 0.1) is 18.5 Å². The number of anilines is 1. The fourth-order valence-corrected chi connectivity index (χ4v) is 2.46. The van der Waals surface area contributed by atoms with Crippen LogP contribution in [0.1, 0.15) is 5.56 Å². The van der Waals surface area contributed by atoms with E-state index in [1.807, 2.05) is 30.0 Å². The number of nitrogens with two attached hydrogens (primary N) is 1. The number of hydrogen-bond donors (Lipinski definition) is 1. The van der Waals surface area contributed by atoms with Crippen LogP contribution in [-0.2, 0) is 11.2 Å². The van der Waals surface area contributed by atoms with Gasteiger partial charge in [0.25, 0.3) is 0 Å². The van der Waals surface area contributed by atoms with Gasteiger partial charge in [-0.15, -0.1) is 0 Å². The SMILES string of the molecule is Nc1ccccc1CCSC1COC1. The maximum atomic E-state index is 5.85. The van der Waals surface area contributed by atoms with Gasteiger partial charge in [0.2, 0.25) is 0 Å². The molecule has 0 saturated carbocycles. The van der Waals surface area contributed by atoms with Crippen LogP contribution in [0.15, 0.2) is 24.3 Å². The first kappa shape index (κ1) is 9.87. The van der Waals surface area contributed by atoms with Gasteiger partial charge in [-0.1, -0.05) is 18.2 Å². The first-order chi connectivity index (χ1) is 6.86. The number of nitrogen functional groups attached to an aromatic ring is 1. The lowest BCUT2D eigenvalue weighted by Gasteiger charge is -2.25. The molecule has 0 atom stereocenters. The highest BCUT2D eigenvalue weighted by atomic mass is 32.2. The van der Waals surface area contributed by atoms with Crippen molar-refractivity contribution in [3.05, 3.63) is 29.8 Å². The smallest absolute Gasteiger partial charge is 0.0607 e. The van der Waals surface area contributed by atoms with Crippen molar-refractivity contribution in [2.75, 3.05) is 24.7 Å². The number of benzene rings is 1. The Balaban J connectivity index is 1.76. The van der Waals surface area contributed by atoms with Crippen molar-refractivity contribution in [2.45, 2.75) is 11.7 Å². The fourth-order valence-electron chi connectivity index (χ4n) is 1.41. The monoisotopic (exact) mass is 209 g/mol. The van der Waals surface area contributed by atoms with Gasteiger partial charge >= 0.3 is 0 Å². The van der Waals surface area contributed by atoms with E-state index in [1.165, 1.54) is 5.56 Å². The van der Waals surface area contributed by atoms with Gasteiger partial charge in [0.1, 0.15) is 0 Å². The number of ether oxygens (including phenoxy) is 1. The van der Waals surface area contributed by atoms with E-state index in [4.69, 9.17) is 10.5 Å². The Morgan fingerprint density at radius 1 is 1.36 bits per heavy atom. The molecule has 1 fully saturated rings. The lowest BCUT2D eigenvalue weighted by molar-refractivity contribution is 0.0455. The van der Waals surface area contributed by atoms with Crippen molar-refractivity contribution in [2.24, 2.45) is 0 Å². The molecule has 1 aliphatic heterocycles. The highest BCUT2D eigenvalue weighted by Crippen LogP contribution is 2.21. The van der Waals surface area contributed by atoms with Crippen LogP contribution >= 0.6 is 11.8 Å². The van der Waals surface area contributed by atoms with Gasteiger partial charge in [-0.2, -0.15) is 11.8 Å². The van der Waals surface area contributed by atoms with Crippen LogP contribution in [0.5, 0.6) is 0 Å². The van der Waals surface area contributed by atoms with Crippen molar-refractivity contribution in [1.82, 2.24) is 0 Å². The van der Waals surface area contributed by atoms with E-state index in [2.05, 4.69) is 6.07 Å². The first-order valence-electron chi connectivity index (χ1n) is 4.89. The number of para-hydroxylation sites is 1. The minimum absolute atomic E-state index is 0.722. The maximum Gasteiger partial charge on any atom is 0.0607 e. The summed E-state index contributed by atoms with van der Waals surface area (Å²) in [5, 5.41) is 0.722. The number of aryl methyl sites for hydroxylation is 1. The lowest BCUT2D eigenvalue weighted by atomic mass is 10.1. The molecule has 0 bridgehead atoms. The second kappa shape index (κ2) is 4.71. The summed E-state index contributed by atoms with van der Waals surface area (Å²) in [6.45, 7) is 1.85. The second-order valence-electron chi connectivity index (χ2n) is 3.48. The van der Waals surface area contributed by atoms with E-state index in [1.54, 1.807) is 0 Å². The van der Waals surface area contributed by atoms with Gasteiger partial charge in [0, 0.05) is 5.69 Å². The molecule has 0 aromatic heterocycles. The van der Waals surface area contributed by atoms with Crippen molar-refractivity contribution < 1.29 is 4.74 Å². The van der Waals surface area contributed by atoms with Crippen LogP contribution in [0, 0.1) is 0 Å². The van der Waals surface area contributed by atoms with Gasteiger partial charge in [-0.05, 0) is 23.8 Å². The summed E-state index contributed by atoms with van der Waals surface area (Å²) in [6, 6.07) is 8.09. The summed E-state index contributed by atoms with van der Waals surface area (Å²) in [4.78, 5) is 0. The van der Waals surface area contributed by atoms with Crippen LogP contribution in [0.2, 0.25) is 0 Å². The largest absolute Gasteiger partial charge is 0.399 e. The molecule has 1 saturated heterocycles. The molecule has 2 rings (SSSR count). The van der Waals surface area contributed by atoms with Crippen molar-refractivity contribution in [3.63, 3.8) is 0 Å². The summed E-state index contributed by atoms with van der Waals surface area (Å²) in [5.41, 5.74) is 8.03. The third-order valence-corrected chi connectivity index (χ3v) is 3.57. The summed E-state index contributed by atoms with van der Waals surface area (Å²) < 4.78 is 5.12. The second-order valence-corrected chi connectivity index (χ2v) is 4.89. The number of thioether (sulfide) groups is 1. The molecule has 0 unspecified atom stereocenters. The van der Waals surface area contributed by atoms with Crippen LogP contribution in [0.25, 0.3) is 0 Å². The van der Waals surface area contributed by atoms with E-state index in [-0.39, 0.29) is 0 Å². The van der Waals surface area contributed by atoms with Crippen molar-refractivity contribution in [3.8, 4) is 0 Å². The molecule has 1 aromatic carbocycles. The zero-order valence-electron chi connectivity index (χ0n) is 8.11. The van der Waals surface area contributed by atoms with E-state index in [0.717, 1.165) is 36.3 Å². The van der Waals surface area contributed by atoms with Gasteiger partial charge < -0.3 is 10.5 Å². The summed E-state index contributed by atoms with van der Waals surface area (Å²) in [5.74, 6) is 1.14.